The van der Waals surface area contributed by atoms with E-state index in [1.807, 2.05) is 20.8 Å². The molecule has 0 aliphatic rings. The molecule has 0 fully saturated rings. The van der Waals surface area contributed by atoms with Crippen molar-refractivity contribution >= 4 is 5.97 Å². The normalized spacial score (nSPS) is 11.2. The molecule has 1 N–H and O–H groups in total. The Kier molecular flexibility index (Phi) is 4.63. The first-order chi connectivity index (χ1) is 7.95. The number of nitrogens with zero attached hydrogens (tertiary/aromatic N) is 1. The fourth-order valence-corrected chi connectivity index (χ4v) is 1.71. The number of aromatic carboxylic acids is 1. The van der Waals surface area contributed by atoms with Crippen LogP contribution in [-0.2, 0) is 6.54 Å². The van der Waals surface area contributed by atoms with Gasteiger partial charge in [-0.1, -0.05) is 6.92 Å². The summed E-state index contributed by atoms with van der Waals surface area (Å²) in [6.07, 6.45) is 0. The first-order valence-corrected chi connectivity index (χ1v) is 5.71. The highest BCUT2D eigenvalue weighted by Crippen LogP contribution is 2.14. The maximum Gasteiger partial charge on any atom is 0.335 e. The topological polar surface area (TPSA) is 40.5 Å². The average molecular weight is 239 g/mol. The Bertz CT molecular complexity index is 404. The monoisotopic (exact) mass is 239 g/mol. The van der Waals surface area contributed by atoms with Gasteiger partial charge in [0, 0.05) is 18.2 Å². The molecule has 0 saturated carbocycles. The van der Waals surface area contributed by atoms with Crippen LogP contribution in [-0.4, -0.2) is 28.6 Å². The maximum absolute atomic E-state index is 13.6. The molecular weight excluding hydrogens is 221 g/mol. The third kappa shape index (κ3) is 3.53. The fourth-order valence-electron chi connectivity index (χ4n) is 1.71. The molecule has 94 valence electrons. The second kappa shape index (κ2) is 5.77. The minimum atomic E-state index is -1.03. The predicted molar refractivity (Wildman–Crippen MR) is 64.6 cm³/mol. The molecule has 0 bridgehead atoms. The van der Waals surface area contributed by atoms with Crippen molar-refractivity contribution in [2.75, 3.05) is 6.54 Å². The van der Waals surface area contributed by atoms with E-state index in [2.05, 4.69) is 4.90 Å². The molecule has 0 aromatic heterocycles. The Hall–Kier alpha value is -1.42. The third-order valence-electron chi connectivity index (χ3n) is 2.80. The number of hydrogen-bond acceptors (Lipinski definition) is 2. The van der Waals surface area contributed by atoms with E-state index in [1.165, 1.54) is 18.2 Å². The van der Waals surface area contributed by atoms with E-state index in [-0.39, 0.29) is 11.4 Å². The lowest BCUT2D eigenvalue weighted by atomic mass is 10.1. The number of hydrogen-bond donors (Lipinski definition) is 1. The number of carboxylic acids is 1. The molecule has 0 atom stereocenters. The van der Waals surface area contributed by atoms with Crippen molar-refractivity contribution in [3.8, 4) is 0 Å². The molecule has 1 aromatic carbocycles. The molecule has 3 nitrogen and oxygen atoms in total. The van der Waals surface area contributed by atoms with Crippen LogP contribution in [0.3, 0.4) is 0 Å². The van der Waals surface area contributed by atoms with E-state index in [4.69, 9.17) is 5.11 Å². The van der Waals surface area contributed by atoms with Crippen molar-refractivity contribution in [2.45, 2.75) is 33.4 Å². The van der Waals surface area contributed by atoms with Gasteiger partial charge in [0.1, 0.15) is 5.82 Å². The first kappa shape index (κ1) is 13.6. The highest BCUT2D eigenvalue weighted by molar-refractivity contribution is 5.87. The van der Waals surface area contributed by atoms with Crippen molar-refractivity contribution < 1.29 is 14.3 Å². The summed E-state index contributed by atoms with van der Waals surface area (Å²) in [6, 6.07) is 4.20. The van der Waals surface area contributed by atoms with Crippen molar-refractivity contribution in [2.24, 2.45) is 0 Å². The van der Waals surface area contributed by atoms with Gasteiger partial charge in [0.25, 0.3) is 0 Å². The van der Waals surface area contributed by atoms with Crippen LogP contribution in [0.25, 0.3) is 0 Å². The Morgan fingerprint density at radius 3 is 2.59 bits per heavy atom. The van der Waals surface area contributed by atoms with Crippen LogP contribution in [0.1, 0.15) is 36.7 Å². The molecule has 0 aliphatic carbocycles. The van der Waals surface area contributed by atoms with Gasteiger partial charge in [-0.05, 0) is 38.6 Å². The van der Waals surface area contributed by atoms with Crippen LogP contribution in [0.5, 0.6) is 0 Å². The number of carboxylic acid groups (broad SMARTS) is 1. The summed E-state index contributed by atoms with van der Waals surface area (Å²) in [5.74, 6) is -1.38. The first-order valence-electron chi connectivity index (χ1n) is 5.71. The lowest BCUT2D eigenvalue weighted by Crippen LogP contribution is -2.30. The molecule has 17 heavy (non-hydrogen) atoms. The summed E-state index contributed by atoms with van der Waals surface area (Å²) in [7, 11) is 0. The van der Waals surface area contributed by atoms with Gasteiger partial charge in [-0.2, -0.15) is 0 Å². The summed E-state index contributed by atoms with van der Waals surface area (Å²) in [5.41, 5.74) is 0.557. The van der Waals surface area contributed by atoms with Gasteiger partial charge in [0.2, 0.25) is 0 Å². The summed E-state index contributed by atoms with van der Waals surface area (Å²) < 4.78 is 13.6. The third-order valence-corrected chi connectivity index (χ3v) is 2.80. The molecule has 0 amide bonds. The number of halogens is 1. The molecule has 0 unspecified atom stereocenters. The zero-order valence-corrected chi connectivity index (χ0v) is 10.4. The second-order valence-corrected chi connectivity index (χ2v) is 4.27. The van der Waals surface area contributed by atoms with Crippen LogP contribution in [0.15, 0.2) is 18.2 Å². The summed E-state index contributed by atoms with van der Waals surface area (Å²) >= 11 is 0. The molecule has 0 radical (unpaired) electrons. The Morgan fingerprint density at radius 1 is 1.47 bits per heavy atom. The zero-order valence-electron chi connectivity index (χ0n) is 10.4. The van der Waals surface area contributed by atoms with Crippen LogP contribution >= 0.6 is 0 Å². The van der Waals surface area contributed by atoms with Gasteiger partial charge < -0.3 is 5.11 Å². The highest BCUT2D eigenvalue weighted by Gasteiger charge is 2.13. The van der Waals surface area contributed by atoms with Crippen LogP contribution < -0.4 is 0 Å². The van der Waals surface area contributed by atoms with Gasteiger partial charge >= 0.3 is 5.97 Å². The lowest BCUT2D eigenvalue weighted by molar-refractivity contribution is 0.0696. The van der Waals surface area contributed by atoms with E-state index < -0.39 is 5.97 Å². The van der Waals surface area contributed by atoms with Gasteiger partial charge in [-0.25, -0.2) is 9.18 Å². The largest absolute Gasteiger partial charge is 0.478 e. The van der Waals surface area contributed by atoms with Crippen LogP contribution in [0.2, 0.25) is 0 Å². The van der Waals surface area contributed by atoms with Crippen molar-refractivity contribution in [1.82, 2.24) is 4.90 Å². The van der Waals surface area contributed by atoms with Crippen LogP contribution in [0, 0.1) is 5.82 Å². The number of rotatable bonds is 5. The van der Waals surface area contributed by atoms with Crippen molar-refractivity contribution in [1.29, 1.82) is 0 Å². The second-order valence-electron chi connectivity index (χ2n) is 4.27. The molecule has 1 rings (SSSR count). The molecule has 0 aliphatic heterocycles. The SMILES string of the molecule is CCN(Cc1cc(C(=O)O)ccc1F)C(C)C. The zero-order chi connectivity index (χ0) is 13.0. The summed E-state index contributed by atoms with van der Waals surface area (Å²) in [4.78, 5) is 12.9. The number of carbonyl (C=O) groups is 1. The molecule has 0 spiro atoms. The molecule has 1 aromatic rings. The highest BCUT2D eigenvalue weighted by atomic mass is 19.1. The van der Waals surface area contributed by atoms with E-state index in [0.29, 0.717) is 18.2 Å². The summed E-state index contributed by atoms with van der Waals surface area (Å²) in [5, 5.41) is 8.86. The maximum atomic E-state index is 13.6. The lowest BCUT2D eigenvalue weighted by Gasteiger charge is -2.25. The smallest absolute Gasteiger partial charge is 0.335 e. The Labute approximate surface area is 101 Å². The predicted octanol–water partition coefficient (Wildman–Crippen LogP) is 2.75. The minimum Gasteiger partial charge on any atom is -0.478 e. The van der Waals surface area contributed by atoms with Gasteiger partial charge in [0.05, 0.1) is 5.56 Å². The Balaban J connectivity index is 2.96. The van der Waals surface area contributed by atoms with E-state index in [9.17, 15) is 9.18 Å². The Morgan fingerprint density at radius 2 is 2.12 bits per heavy atom. The van der Waals surface area contributed by atoms with Crippen LogP contribution in [0.4, 0.5) is 4.39 Å². The molecule has 4 heteroatoms. The van der Waals surface area contributed by atoms with Crippen molar-refractivity contribution in [3.63, 3.8) is 0 Å². The van der Waals surface area contributed by atoms with E-state index in [0.717, 1.165) is 6.54 Å². The van der Waals surface area contributed by atoms with Gasteiger partial charge in [-0.15, -0.1) is 0 Å². The fraction of sp³-hybridized carbons (Fsp3) is 0.462. The van der Waals surface area contributed by atoms with Crippen molar-refractivity contribution in [3.05, 3.63) is 35.1 Å². The molecule has 0 heterocycles. The van der Waals surface area contributed by atoms with E-state index in [1.54, 1.807) is 0 Å². The van der Waals surface area contributed by atoms with Gasteiger partial charge in [-0.3, -0.25) is 4.90 Å². The standard InChI is InChI=1S/C13H18FNO2/c1-4-15(9(2)3)8-11-7-10(13(16)17)5-6-12(11)14/h5-7,9H,4,8H2,1-3H3,(H,16,17). The quantitative estimate of drug-likeness (QED) is 0.859. The minimum absolute atomic E-state index is 0.126. The average Bonchev–Trinajstić information content (AvgIpc) is 2.27. The van der Waals surface area contributed by atoms with Gasteiger partial charge in [0.15, 0.2) is 0 Å². The number of benzene rings is 1. The molecule has 0 saturated heterocycles. The summed E-state index contributed by atoms with van der Waals surface area (Å²) in [6.45, 7) is 7.29. The molecular formula is C13H18FNO2. The van der Waals surface area contributed by atoms with E-state index >= 15 is 0 Å².